The lowest BCUT2D eigenvalue weighted by molar-refractivity contribution is 0.122. The second kappa shape index (κ2) is 7.53. The van der Waals surface area contributed by atoms with Crippen LogP contribution in [0.2, 0.25) is 0 Å². The first kappa shape index (κ1) is 18.7. The van der Waals surface area contributed by atoms with E-state index in [1.165, 1.54) is 6.07 Å². The van der Waals surface area contributed by atoms with Crippen LogP contribution < -0.4 is 10.2 Å². The molecular weight excluding hydrogens is 385 g/mol. The summed E-state index contributed by atoms with van der Waals surface area (Å²) in [6.07, 6.45) is 1.72. The normalized spacial score (nSPS) is 14.7. The number of hydrogen-bond acceptors (Lipinski definition) is 7. The molecule has 1 saturated heterocycles. The first-order valence-electron chi connectivity index (χ1n) is 10.0. The molecule has 8 heteroatoms. The Labute approximate surface area is 172 Å². The van der Waals surface area contributed by atoms with Gasteiger partial charge in [-0.3, -0.25) is 0 Å². The first-order chi connectivity index (χ1) is 14.6. The van der Waals surface area contributed by atoms with Crippen molar-refractivity contribution in [1.82, 2.24) is 15.1 Å². The second-order valence-corrected chi connectivity index (χ2v) is 7.68. The van der Waals surface area contributed by atoms with Crippen LogP contribution in [0.4, 0.5) is 21.7 Å². The molecule has 0 radical (unpaired) electrons. The van der Waals surface area contributed by atoms with Crippen molar-refractivity contribution in [3.05, 3.63) is 48.0 Å². The molecule has 0 spiro atoms. The maximum Gasteiger partial charge on any atom is 0.227 e. The smallest absolute Gasteiger partial charge is 0.227 e. The largest absolute Gasteiger partial charge is 0.378 e. The summed E-state index contributed by atoms with van der Waals surface area (Å²) < 4.78 is 25.6. The fourth-order valence-corrected chi connectivity index (χ4v) is 3.74. The van der Waals surface area contributed by atoms with Crippen LogP contribution in [-0.4, -0.2) is 41.4 Å². The molecule has 2 aromatic heterocycles. The van der Waals surface area contributed by atoms with Gasteiger partial charge in [0.25, 0.3) is 0 Å². The van der Waals surface area contributed by atoms with Crippen molar-refractivity contribution in [2.75, 3.05) is 36.5 Å². The van der Waals surface area contributed by atoms with Crippen LogP contribution in [0.1, 0.15) is 25.5 Å². The summed E-state index contributed by atoms with van der Waals surface area (Å²) in [5.41, 5.74) is 3.43. The number of nitrogens with zero attached hydrogens (tertiary/aromatic N) is 4. The minimum absolute atomic E-state index is 0.188. The van der Waals surface area contributed by atoms with Crippen molar-refractivity contribution in [2.24, 2.45) is 0 Å². The molecule has 154 valence electrons. The summed E-state index contributed by atoms with van der Waals surface area (Å²) in [6, 6.07) is 8.91. The van der Waals surface area contributed by atoms with Crippen LogP contribution in [0.5, 0.6) is 0 Å². The van der Waals surface area contributed by atoms with Crippen molar-refractivity contribution < 1.29 is 13.7 Å². The summed E-state index contributed by atoms with van der Waals surface area (Å²) in [7, 11) is 0. The van der Waals surface area contributed by atoms with E-state index in [1.807, 2.05) is 18.2 Å². The number of benzene rings is 2. The molecule has 0 saturated carbocycles. The number of nitrogens with one attached hydrogen (secondary N) is 1. The molecule has 5 rings (SSSR count). The number of halogens is 1. The maximum absolute atomic E-state index is 14.8. The fraction of sp³-hybridized carbons (Fsp3) is 0.318. The van der Waals surface area contributed by atoms with Gasteiger partial charge >= 0.3 is 0 Å². The molecule has 7 nitrogen and oxygen atoms in total. The summed E-state index contributed by atoms with van der Waals surface area (Å²) >= 11 is 0. The van der Waals surface area contributed by atoms with Gasteiger partial charge in [0, 0.05) is 30.4 Å². The lowest BCUT2D eigenvalue weighted by Gasteiger charge is -2.29. The van der Waals surface area contributed by atoms with Gasteiger partial charge in [0.05, 0.1) is 35.5 Å². The Hall–Kier alpha value is -3.26. The highest BCUT2D eigenvalue weighted by Gasteiger charge is 2.17. The fourth-order valence-electron chi connectivity index (χ4n) is 3.74. The highest BCUT2D eigenvalue weighted by Crippen LogP contribution is 2.31. The number of hydrogen-bond donors (Lipinski definition) is 1. The molecule has 0 bridgehead atoms. The van der Waals surface area contributed by atoms with E-state index in [4.69, 9.17) is 9.26 Å². The van der Waals surface area contributed by atoms with E-state index < -0.39 is 0 Å². The van der Waals surface area contributed by atoms with E-state index in [1.54, 1.807) is 12.3 Å². The van der Waals surface area contributed by atoms with Gasteiger partial charge < -0.3 is 19.5 Å². The Morgan fingerprint density at radius 3 is 2.73 bits per heavy atom. The van der Waals surface area contributed by atoms with Crippen LogP contribution in [0, 0.1) is 5.82 Å². The average Bonchev–Trinajstić information content (AvgIpc) is 3.21. The molecular formula is C22H22FN5O2. The van der Waals surface area contributed by atoms with Gasteiger partial charge in [0.15, 0.2) is 5.58 Å². The van der Waals surface area contributed by atoms with Crippen LogP contribution >= 0.6 is 0 Å². The summed E-state index contributed by atoms with van der Waals surface area (Å²) in [5, 5.41) is 8.95. The minimum Gasteiger partial charge on any atom is -0.378 e. The lowest BCUT2D eigenvalue weighted by Crippen LogP contribution is -2.36. The van der Waals surface area contributed by atoms with Gasteiger partial charge in [-0.05, 0) is 36.2 Å². The first-order valence-corrected chi connectivity index (χ1v) is 10.0. The Balaban J connectivity index is 1.49. The van der Waals surface area contributed by atoms with E-state index in [-0.39, 0.29) is 11.7 Å². The van der Waals surface area contributed by atoms with Crippen molar-refractivity contribution in [3.63, 3.8) is 0 Å². The van der Waals surface area contributed by atoms with E-state index >= 15 is 0 Å². The number of morpholine rings is 1. The van der Waals surface area contributed by atoms with E-state index in [2.05, 4.69) is 39.2 Å². The van der Waals surface area contributed by atoms with Crippen LogP contribution in [-0.2, 0) is 4.74 Å². The summed E-state index contributed by atoms with van der Waals surface area (Å²) in [6.45, 7) is 6.94. The standard InChI is InChI=1S/C22H22FN5O2/c1-13(2)20-19-18(30-27-20)6-3-14-12-24-22(26-21(14)19)25-17-5-4-15(11-16(17)23)28-7-9-29-10-8-28/h3-6,11-13H,7-10H2,1-2H3,(H,24,25,26). The van der Waals surface area contributed by atoms with Gasteiger partial charge in [0.1, 0.15) is 5.82 Å². The zero-order valence-electron chi connectivity index (χ0n) is 16.9. The molecule has 1 N–H and O–H groups in total. The molecule has 0 aliphatic carbocycles. The Morgan fingerprint density at radius 2 is 1.97 bits per heavy atom. The average molecular weight is 407 g/mol. The SMILES string of the molecule is CC(C)c1noc2ccc3cnc(Nc4ccc(N5CCOCC5)cc4F)nc3c12. The van der Waals surface area contributed by atoms with Crippen LogP contribution in [0.25, 0.3) is 21.9 Å². The van der Waals surface area contributed by atoms with Gasteiger partial charge in [-0.15, -0.1) is 0 Å². The summed E-state index contributed by atoms with van der Waals surface area (Å²) in [5.74, 6) is 0.158. The van der Waals surface area contributed by atoms with Gasteiger partial charge in [-0.1, -0.05) is 19.0 Å². The molecule has 0 atom stereocenters. The van der Waals surface area contributed by atoms with E-state index in [0.29, 0.717) is 30.4 Å². The highest BCUT2D eigenvalue weighted by molar-refractivity contribution is 6.04. The highest BCUT2D eigenvalue weighted by atomic mass is 19.1. The Bertz CT molecular complexity index is 1220. The lowest BCUT2D eigenvalue weighted by atomic mass is 10.0. The maximum atomic E-state index is 14.8. The number of aromatic nitrogens is 3. The molecule has 0 unspecified atom stereocenters. The van der Waals surface area contributed by atoms with E-state index in [9.17, 15) is 4.39 Å². The zero-order valence-corrected chi connectivity index (χ0v) is 16.9. The second-order valence-electron chi connectivity index (χ2n) is 7.68. The Kier molecular flexibility index (Phi) is 4.71. The minimum atomic E-state index is -0.353. The number of rotatable bonds is 4. The van der Waals surface area contributed by atoms with Gasteiger partial charge in [-0.2, -0.15) is 0 Å². The Morgan fingerprint density at radius 1 is 1.13 bits per heavy atom. The predicted molar refractivity (Wildman–Crippen MR) is 114 cm³/mol. The molecule has 30 heavy (non-hydrogen) atoms. The molecule has 1 aliphatic rings. The molecule has 3 heterocycles. The van der Waals surface area contributed by atoms with Crippen LogP contribution in [0.15, 0.2) is 41.1 Å². The molecule has 1 fully saturated rings. The monoisotopic (exact) mass is 407 g/mol. The van der Waals surface area contributed by atoms with Gasteiger partial charge in [-0.25, -0.2) is 14.4 Å². The van der Waals surface area contributed by atoms with E-state index in [0.717, 1.165) is 40.8 Å². The van der Waals surface area contributed by atoms with Crippen molar-refractivity contribution >= 4 is 39.2 Å². The number of fused-ring (bicyclic) bond motifs is 3. The zero-order chi connectivity index (χ0) is 20.7. The predicted octanol–water partition coefficient (Wildman–Crippen LogP) is 4.61. The van der Waals surface area contributed by atoms with Crippen molar-refractivity contribution in [2.45, 2.75) is 19.8 Å². The third kappa shape index (κ3) is 3.33. The third-order valence-corrected chi connectivity index (χ3v) is 5.34. The van der Waals surface area contributed by atoms with Crippen molar-refractivity contribution in [3.8, 4) is 0 Å². The molecule has 0 amide bonds. The number of ether oxygens (including phenoxy) is 1. The molecule has 1 aliphatic heterocycles. The third-order valence-electron chi connectivity index (χ3n) is 5.34. The van der Waals surface area contributed by atoms with Crippen molar-refractivity contribution in [1.29, 1.82) is 0 Å². The quantitative estimate of drug-likeness (QED) is 0.529. The van der Waals surface area contributed by atoms with Gasteiger partial charge in [0.2, 0.25) is 5.95 Å². The molecule has 2 aromatic carbocycles. The van der Waals surface area contributed by atoms with Crippen LogP contribution in [0.3, 0.4) is 0 Å². The summed E-state index contributed by atoms with van der Waals surface area (Å²) in [4.78, 5) is 11.1. The topological polar surface area (TPSA) is 76.3 Å². The number of anilines is 3. The molecule has 4 aromatic rings.